The van der Waals surface area contributed by atoms with Crippen LogP contribution < -0.4 is 10.6 Å². The van der Waals surface area contributed by atoms with Gasteiger partial charge in [0.05, 0.1) is 0 Å². The van der Waals surface area contributed by atoms with E-state index in [4.69, 9.17) is 0 Å². The van der Waals surface area contributed by atoms with Crippen molar-refractivity contribution < 1.29 is 0 Å². The van der Waals surface area contributed by atoms with Gasteiger partial charge in [-0.3, -0.25) is 0 Å². The molecule has 0 spiro atoms. The maximum atomic E-state index is 4.35. The molecule has 0 atom stereocenters. The lowest BCUT2D eigenvalue weighted by molar-refractivity contribution is 0.709. The SMILES string of the molecule is Cc1cc(C)nc(NCCNCc2sccc2C)n1. The average molecular weight is 276 g/mol. The molecular weight excluding hydrogens is 256 g/mol. The minimum Gasteiger partial charge on any atom is -0.353 e. The molecule has 5 heteroatoms. The highest BCUT2D eigenvalue weighted by molar-refractivity contribution is 7.10. The summed E-state index contributed by atoms with van der Waals surface area (Å²) in [5, 5.41) is 8.79. The van der Waals surface area contributed by atoms with E-state index in [1.165, 1.54) is 10.4 Å². The molecule has 2 N–H and O–H groups in total. The summed E-state index contributed by atoms with van der Waals surface area (Å²) in [4.78, 5) is 10.1. The monoisotopic (exact) mass is 276 g/mol. The highest BCUT2D eigenvalue weighted by Crippen LogP contribution is 2.14. The fourth-order valence-corrected chi connectivity index (χ4v) is 2.73. The largest absolute Gasteiger partial charge is 0.353 e. The van der Waals surface area contributed by atoms with E-state index in [-0.39, 0.29) is 0 Å². The van der Waals surface area contributed by atoms with Gasteiger partial charge in [0.15, 0.2) is 0 Å². The Morgan fingerprint density at radius 3 is 2.47 bits per heavy atom. The molecule has 0 saturated heterocycles. The molecule has 102 valence electrons. The van der Waals surface area contributed by atoms with Crippen molar-refractivity contribution in [3.63, 3.8) is 0 Å². The zero-order valence-electron chi connectivity index (χ0n) is 11.7. The highest BCUT2D eigenvalue weighted by Gasteiger charge is 2.00. The van der Waals surface area contributed by atoms with Crippen LogP contribution in [0.3, 0.4) is 0 Å². The van der Waals surface area contributed by atoms with Gasteiger partial charge in [-0.1, -0.05) is 0 Å². The molecule has 0 unspecified atom stereocenters. The van der Waals surface area contributed by atoms with E-state index in [1.54, 1.807) is 11.3 Å². The second kappa shape index (κ2) is 6.63. The molecule has 0 aliphatic carbocycles. The molecule has 0 saturated carbocycles. The van der Waals surface area contributed by atoms with Gasteiger partial charge in [0, 0.05) is 35.9 Å². The van der Waals surface area contributed by atoms with E-state index in [0.717, 1.165) is 31.0 Å². The second-order valence-corrected chi connectivity index (χ2v) is 5.61. The fraction of sp³-hybridized carbons (Fsp3) is 0.429. The van der Waals surface area contributed by atoms with Crippen LogP contribution in [-0.2, 0) is 6.54 Å². The van der Waals surface area contributed by atoms with Gasteiger partial charge in [0.2, 0.25) is 5.95 Å². The molecule has 0 aliphatic heterocycles. The van der Waals surface area contributed by atoms with Crippen molar-refractivity contribution in [3.05, 3.63) is 39.3 Å². The molecule has 0 fully saturated rings. The molecule has 2 heterocycles. The van der Waals surface area contributed by atoms with Crippen molar-refractivity contribution in [2.75, 3.05) is 18.4 Å². The summed E-state index contributed by atoms with van der Waals surface area (Å²) < 4.78 is 0. The molecule has 0 aliphatic rings. The first kappa shape index (κ1) is 14.0. The van der Waals surface area contributed by atoms with Crippen molar-refractivity contribution in [3.8, 4) is 0 Å². The van der Waals surface area contributed by atoms with Crippen LogP contribution in [0.4, 0.5) is 5.95 Å². The lowest BCUT2D eigenvalue weighted by Gasteiger charge is -2.07. The number of aryl methyl sites for hydroxylation is 3. The van der Waals surface area contributed by atoms with Crippen molar-refractivity contribution in [1.29, 1.82) is 0 Å². The molecule has 19 heavy (non-hydrogen) atoms. The summed E-state index contributed by atoms with van der Waals surface area (Å²) in [5.41, 5.74) is 3.36. The zero-order valence-corrected chi connectivity index (χ0v) is 12.5. The van der Waals surface area contributed by atoms with E-state index >= 15 is 0 Å². The smallest absolute Gasteiger partial charge is 0.223 e. The molecule has 0 bridgehead atoms. The number of aromatic nitrogens is 2. The first-order valence-electron chi connectivity index (χ1n) is 6.45. The fourth-order valence-electron chi connectivity index (χ4n) is 1.85. The van der Waals surface area contributed by atoms with Crippen LogP contribution in [0, 0.1) is 20.8 Å². The number of nitrogens with one attached hydrogen (secondary N) is 2. The van der Waals surface area contributed by atoms with Crippen molar-refractivity contribution >= 4 is 17.3 Å². The average Bonchev–Trinajstić information content (AvgIpc) is 2.73. The van der Waals surface area contributed by atoms with Crippen LogP contribution in [0.1, 0.15) is 21.8 Å². The normalized spacial score (nSPS) is 10.7. The van der Waals surface area contributed by atoms with Gasteiger partial charge in [0.1, 0.15) is 0 Å². The zero-order chi connectivity index (χ0) is 13.7. The third-order valence-electron chi connectivity index (χ3n) is 2.82. The quantitative estimate of drug-likeness (QED) is 0.796. The second-order valence-electron chi connectivity index (χ2n) is 4.60. The molecule has 2 aromatic rings. The molecule has 2 aromatic heterocycles. The van der Waals surface area contributed by atoms with Gasteiger partial charge >= 0.3 is 0 Å². The lowest BCUT2D eigenvalue weighted by atomic mass is 10.3. The number of nitrogens with zero attached hydrogens (tertiary/aromatic N) is 2. The summed E-state index contributed by atoms with van der Waals surface area (Å²) in [6.07, 6.45) is 0. The Labute approximate surface area is 118 Å². The summed E-state index contributed by atoms with van der Waals surface area (Å²) >= 11 is 1.80. The minimum atomic E-state index is 0.714. The predicted molar refractivity (Wildman–Crippen MR) is 80.8 cm³/mol. The molecular formula is C14H20N4S. The van der Waals surface area contributed by atoms with E-state index in [2.05, 4.69) is 39.0 Å². The van der Waals surface area contributed by atoms with Gasteiger partial charge in [-0.25, -0.2) is 9.97 Å². The van der Waals surface area contributed by atoms with Crippen LogP contribution >= 0.6 is 11.3 Å². The van der Waals surface area contributed by atoms with Gasteiger partial charge < -0.3 is 10.6 Å². The summed E-state index contributed by atoms with van der Waals surface area (Å²) in [7, 11) is 0. The van der Waals surface area contributed by atoms with Crippen molar-refractivity contribution in [1.82, 2.24) is 15.3 Å². The standard InChI is InChI=1S/C14H20N4S/c1-10-4-7-19-13(10)9-15-5-6-16-14-17-11(2)8-12(3)18-14/h4,7-8,15H,5-6,9H2,1-3H3,(H,16,17,18). The molecule has 4 nitrogen and oxygen atoms in total. The Bertz CT molecular complexity index is 516. The number of hydrogen-bond acceptors (Lipinski definition) is 5. The van der Waals surface area contributed by atoms with E-state index < -0.39 is 0 Å². The topological polar surface area (TPSA) is 49.8 Å². The first-order valence-corrected chi connectivity index (χ1v) is 7.33. The maximum absolute atomic E-state index is 4.35. The molecule has 0 aromatic carbocycles. The van der Waals surface area contributed by atoms with Gasteiger partial charge in [0.25, 0.3) is 0 Å². The number of thiophene rings is 1. The maximum Gasteiger partial charge on any atom is 0.223 e. The summed E-state index contributed by atoms with van der Waals surface area (Å²) in [6.45, 7) is 8.77. The molecule has 0 radical (unpaired) electrons. The highest BCUT2D eigenvalue weighted by atomic mass is 32.1. The third kappa shape index (κ3) is 4.29. The van der Waals surface area contributed by atoms with Crippen LogP contribution in [0.2, 0.25) is 0 Å². The third-order valence-corrected chi connectivity index (χ3v) is 3.84. The number of hydrogen-bond donors (Lipinski definition) is 2. The molecule has 2 rings (SSSR count). The Morgan fingerprint density at radius 2 is 1.84 bits per heavy atom. The van der Waals surface area contributed by atoms with Gasteiger partial charge in [-0.05, 0) is 43.8 Å². The minimum absolute atomic E-state index is 0.714. The summed E-state index contributed by atoms with van der Waals surface area (Å²) in [5.74, 6) is 0.714. The first-order chi connectivity index (χ1) is 9.15. The van der Waals surface area contributed by atoms with Crippen LogP contribution in [0.25, 0.3) is 0 Å². The Balaban J connectivity index is 1.71. The van der Waals surface area contributed by atoms with Crippen LogP contribution in [0.15, 0.2) is 17.5 Å². The lowest BCUT2D eigenvalue weighted by Crippen LogP contribution is -2.22. The van der Waals surface area contributed by atoms with Crippen molar-refractivity contribution in [2.45, 2.75) is 27.3 Å². The van der Waals surface area contributed by atoms with Crippen LogP contribution in [0.5, 0.6) is 0 Å². The summed E-state index contributed by atoms with van der Waals surface area (Å²) in [6, 6.07) is 4.13. The van der Waals surface area contributed by atoms with E-state index in [1.807, 2.05) is 19.9 Å². The predicted octanol–water partition coefficient (Wildman–Crippen LogP) is 2.67. The van der Waals surface area contributed by atoms with Crippen molar-refractivity contribution in [2.24, 2.45) is 0 Å². The number of anilines is 1. The Morgan fingerprint density at radius 1 is 1.11 bits per heavy atom. The Hall–Kier alpha value is -1.46. The number of rotatable bonds is 6. The van der Waals surface area contributed by atoms with Crippen LogP contribution in [-0.4, -0.2) is 23.1 Å². The molecule has 0 amide bonds. The van der Waals surface area contributed by atoms with E-state index in [9.17, 15) is 0 Å². The van der Waals surface area contributed by atoms with Gasteiger partial charge in [-0.15, -0.1) is 11.3 Å². The van der Waals surface area contributed by atoms with Gasteiger partial charge in [-0.2, -0.15) is 0 Å². The Kier molecular flexibility index (Phi) is 4.87. The van der Waals surface area contributed by atoms with E-state index in [0.29, 0.717) is 5.95 Å².